The number of hydrogen-bond donors (Lipinski definition) is 1. The first-order valence-corrected chi connectivity index (χ1v) is 15.2. The number of aryl methyl sites for hydroxylation is 1. The third-order valence-electron chi connectivity index (χ3n) is 8.00. The molecule has 232 valence electrons. The lowest BCUT2D eigenvalue weighted by Gasteiger charge is -2.34. The summed E-state index contributed by atoms with van der Waals surface area (Å²) < 4.78 is 19.3. The van der Waals surface area contributed by atoms with Crippen molar-refractivity contribution in [3.8, 4) is 5.75 Å². The zero-order valence-corrected chi connectivity index (χ0v) is 26.0. The van der Waals surface area contributed by atoms with E-state index in [1.165, 1.54) is 0 Å². The van der Waals surface area contributed by atoms with Crippen LogP contribution in [-0.2, 0) is 9.47 Å². The Balaban J connectivity index is 1.09. The molecule has 0 atom stereocenters. The molecule has 11 nitrogen and oxygen atoms in total. The molecule has 2 fully saturated rings. The molecule has 2 aliphatic heterocycles. The molecule has 0 radical (unpaired) electrons. The lowest BCUT2D eigenvalue weighted by molar-refractivity contribution is -0.0175. The Morgan fingerprint density at radius 3 is 2.47 bits per heavy atom. The molecule has 0 saturated carbocycles. The maximum absolute atomic E-state index is 12.8. The minimum Gasteiger partial charge on any atom is -0.494 e. The Hall–Kier alpha value is -3.70. The number of carbonyl (C=O) groups is 2. The number of piperidine rings is 2. The van der Waals surface area contributed by atoms with Gasteiger partial charge in [0.05, 0.1) is 37.1 Å². The van der Waals surface area contributed by atoms with Gasteiger partial charge in [-0.2, -0.15) is 5.10 Å². The van der Waals surface area contributed by atoms with Gasteiger partial charge in [-0.05, 0) is 71.6 Å². The summed E-state index contributed by atoms with van der Waals surface area (Å²) in [6, 6.07) is 9.46. The van der Waals surface area contributed by atoms with Gasteiger partial charge in [-0.1, -0.05) is 6.07 Å². The maximum atomic E-state index is 12.8. The summed E-state index contributed by atoms with van der Waals surface area (Å²) in [7, 11) is 1.59. The second kappa shape index (κ2) is 13.3. The second-order valence-electron chi connectivity index (χ2n) is 12.4. The zero-order chi connectivity index (χ0) is 30.6. The number of anilines is 1. The van der Waals surface area contributed by atoms with E-state index in [0.29, 0.717) is 42.9 Å². The van der Waals surface area contributed by atoms with Crippen molar-refractivity contribution in [2.75, 3.05) is 51.8 Å². The number of hydrogen-bond acceptors (Lipinski definition) is 8. The Kier molecular flexibility index (Phi) is 9.51. The minimum absolute atomic E-state index is 0.187. The number of pyridine rings is 1. The molecule has 0 bridgehead atoms. The molecule has 2 amide bonds. The highest BCUT2D eigenvalue weighted by Gasteiger charge is 2.28. The Bertz CT molecular complexity index is 1420. The predicted molar refractivity (Wildman–Crippen MR) is 165 cm³/mol. The number of fused-ring (bicyclic) bond motifs is 1. The van der Waals surface area contributed by atoms with Gasteiger partial charge in [-0.15, -0.1) is 0 Å². The molecule has 43 heavy (non-hydrogen) atoms. The number of methoxy groups -OCH3 is 1. The summed E-state index contributed by atoms with van der Waals surface area (Å²) in [5.41, 5.74) is 2.09. The van der Waals surface area contributed by atoms with E-state index in [0.717, 1.165) is 61.9 Å². The first kappa shape index (κ1) is 30.7. The van der Waals surface area contributed by atoms with Gasteiger partial charge in [0.15, 0.2) is 0 Å². The van der Waals surface area contributed by atoms with E-state index in [1.54, 1.807) is 18.1 Å². The van der Waals surface area contributed by atoms with E-state index >= 15 is 0 Å². The predicted octanol–water partition coefficient (Wildman–Crippen LogP) is 5.05. The van der Waals surface area contributed by atoms with Crippen LogP contribution in [0.25, 0.3) is 10.9 Å². The average Bonchev–Trinajstić information content (AvgIpc) is 3.39. The van der Waals surface area contributed by atoms with Gasteiger partial charge >= 0.3 is 6.09 Å². The molecule has 3 aromatic rings. The molecule has 0 aliphatic carbocycles. The van der Waals surface area contributed by atoms with Crippen LogP contribution in [0.15, 0.2) is 36.5 Å². The standard InChI is InChI=1S/C32H44N6O5/c1-22-7-6-8-26(33-22)30(39)34-28-19-23-21-38(35-27(23)20-29(28)41-5)24-9-13-36(14-10-24)17-18-42-25-11-15-37(16-12-25)31(40)43-32(2,3)4/h6-8,19-21,24-25H,9-18H2,1-5H3,(H,34,39). The monoisotopic (exact) mass is 592 g/mol. The van der Waals surface area contributed by atoms with E-state index < -0.39 is 5.60 Å². The van der Waals surface area contributed by atoms with Crippen molar-refractivity contribution in [2.24, 2.45) is 0 Å². The minimum atomic E-state index is -0.473. The third-order valence-corrected chi connectivity index (χ3v) is 8.00. The molecule has 0 spiro atoms. The van der Waals surface area contributed by atoms with Gasteiger partial charge in [0, 0.05) is 56.1 Å². The summed E-state index contributed by atoms with van der Waals surface area (Å²) in [5.74, 6) is 0.278. The summed E-state index contributed by atoms with van der Waals surface area (Å²) in [6.07, 6.45) is 5.70. The van der Waals surface area contributed by atoms with Gasteiger partial charge in [0.1, 0.15) is 17.0 Å². The zero-order valence-electron chi connectivity index (χ0n) is 26.0. The summed E-state index contributed by atoms with van der Waals surface area (Å²) in [6.45, 7) is 12.4. The van der Waals surface area contributed by atoms with Crippen molar-refractivity contribution < 1.29 is 23.8 Å². The van der Waals surface area contributed by atoms with E-state index in [1.807, 2.05) is 52.0 Å². The highest BCUT2D eigenvalue weighted by atomic mass is 16.6. The molecule has 2 aliphatic rings. The van der Waals surface area contributed by atoms with Crippen molar-refractivity contribution in [3.05, 3.63) is 47.9 Å². The molecule has 0 unspecified atom stereocenters. The van der Waals surface area contributed by atoms with Crippen LogP contribution in [0.1, 0.15) is 68.7 Å². The van der Waals surface area contributed by atoms with Crippen molar-refractivity contribution in [1.29, 1.82) is 0 Å². The van der Waals surface area contributed by atoms with Gasteiger partial charge < -0.3 is 29.3 Å². The number of nitrogens with one attached hydrogen (secondary N) is 1. The molecule has 11 heteroatoms. The van der Waals surface area contributed by atoms with Crippen LogP contribution in [0, 0.1) is 6.92 Å². The largest absolute Gasteiger partial charge is 0.494 e. The van der Waals surface area contributed by atoms with Crippen LogP contribution in [0.4, 0.5) is 10.5 Å². The number of ether oxygens (including phenoxy) is 3. The number of amides is 2. The van der Waals surface area contributed by atoms with Crippen LogP contribution in [0.3, 0.4) is 0 Å². The second-order valence-corrected chi connectivity index (χ2v) is 12.4. The van der Waals surface area contributed by atoms with Crippen LogP contribution in [0.5, 0.6) is 5.75 Å². The SMILES string of the molecule is COc1cc2nn(C3CCN(CCOC4CCN(C(=O)OC(C)(C)C)CC4)CC3)cc2cc1NC(=O)c1cccc(C)n1. The van der Waals surface area contributed by atoms with Gasteiger partial charge in [0.25, 0.3) is 5.91 Å². The Morgan fingerprint density at radius 2 is 1.79 bits per heavy atom. The topological polar surface area (TPSA) is 111 Å². The van der Waals surface area contributed by atoms with Crippen LogP contribution >= 0.6 is 0 Å². The lowest BCUT2D eigenvalue weighted by atomic mass is 10.1. The first-order valence-electron chi connectivity index (χ1n) is 15.2. The van der Waals surface area contributed by atoms with Gasteiger partial charge in [-0.25, -0.2) is 9.78 Å². The summed E-state index contributed by atoms with van der Waals surface area (Å²) in [5, 5.41) is 8.74. The highest BCUT2D eigenvalue weighted by molar-refractivity contribution is 6.05. The van der Waals surface area contributed by atoms with E-state index in [9.17, 15) is 9.59 Å². The van der Waals surface area contributed by atoms with E-state index in [2.05, 4.69) is 26.1 Å². The Labute approximate surface area is 253 Å². The molecular formula is C32H44N6O5. The molecule has 4 heterocycles. The summed E-state index contributed by atoms with van der Waals surface area (Å²) >= 11 is 0. The Morgan fingerprint density at radius 1 is 1.05 bits per heavy atom. The maximum Gasteiger partial charge on any atom is 0.410 e. The van der Waals surface area contributed by atoms with E-state index in [4.69, 9.17) is 19.3 Å². The number of carbonyl (C=O) groups excluding carboxylic acids is 2. The fraction of sp³-hybridized carbons (Fsp3) is 0.562. The fourth-order valence-electron chi connectivity index (χ4n) is 5.67. The van der Waals surface area contributed by atoms with Crippen LogP contribution < -0.4 is 10.1 Å². The smallest absolute Gasteiger partial charge is 0.410 e. The fourth-order valence-corrected chi connectivity index (χ4v) is 5.67. The van der Waals surface area contributed by atoms with Crippen molar-refractivity contribution in [2.45, 2.75) is 71.1 Å². The van der Waals surface area contributed by atoms with E-state index in [-0.39, 0.29) is 18.1 Å². The third kappa shape index (κ3) is 8.03. The summed E-state index contributed by atoms with van der Waals surface area (Å²) in [4.78, 5) is 33.7. The van der Waals surface area contributed by atoms with Gasteiger partial charge in [-0.3, -0.25) is 9.48 Å². The van der Waals surface area contributed by atoms with Crippen molar-refractivity contribution >= 4 is 28.6 Å². The number of rotatable bonds is 8. The van der Waals surface area contributed by atoms with Crippen molar-refractivity contribution in [1.82, 2.24) is 24.6 Å². The average molecular weight is 593 g/mol. The molecule has 2 aromatic heterocycles. The van der Waals surface area contributed by atoms with Crippen LogP contribution in [-0.4, -0.2) is 94.7 Å². The molecule has 2 saturated heterocycles. The lowest BCUT2D eigenvalue weighted by Crippen LogP contribution is -2.44. The number of likely N-dealkylation sites (tertiary alicyclic amines) is 2. The van der Waals surface area contributed by atoms with Gasteiger partial charge in [0.2, 0.25) is 0 Å². The highest BCUT2D eigenvalue weighted by Crippen LogP contribution is 2.32. The first-order chi connectivity index (χ1) is 20.6. The quantitative estimate of drug-likeness (QED) is 0.387. The van der Waals surface area contributed by atoms with Crippen LogP contribution in [0.2, 0.25) is 0 Å². The molecule has 1 N–H and O–H groups in total. The van der Waals surface area contributed by atoms with Crippen molar-refractivity contribution in [3.63, 3.8) is 0 Å². The molecule has 1 aromatic carbocycles. The molecular weight excluding hydrogens is 548 g/mol. The number of nitrogens with zero attached hydrogens (tertiary/aromatic N) is 5. The normalized spacial score (nSPS) is 17.3. The number of aromatic nitrogens is 3. The molecule has 5 rings (SSSR count). The number of benzene rings is 1.